The minimum atomic E-state index is -0.469. The van der Waals surface area contributed by atoms with Gasteiger partial charge in [-0.3, -0.25) is 0 Å². The molecule has 1 aromatic carbocycles. The summed E-state index contributed by atoms with van der Waals surface area (Å²) in [6.07, 6.45) is 2.54. The van der Waals surface area contributed by atoms with Gasteiger partial charge in [-0.2, -0.15) is 10.4 Å². The van der Waals surface area contributed by atoms with Crippen LogP contribution in [-0.4, -0.2) is 28.5 Å². The quantitative estimate of drug-likeness (QED) is 0.766. The molecule has 1 unspecified atom stereocenters. The Morgan fingerprint density at radius 1 is 1.39 bits per heavy atom. The summed E-state index contributed by atoms with van der Waals surface area (Å²) in [7, 11) is 0. The van der Waals surface area contributed by atoms with Gasteiger partial charge in [0.2, 0.25) is 0 Å². The molecule has 0 saturated heterocycles. The molecule has 2 aromatic rings. The first-order valence-electron chi connectivity index (χ1n) is 7.53. The molecule has 0 N–H and O–H groups in total. The van der Waals surface area contributed by atoms with Crippen molar-refractivity contribution in [1.29, 1.82) is 5.26 Å². The summed E-state index contributed by atoms with van der Waals surface area (Å²) in [5.41, 5.74) is 1.33. The predicted molar refractivity (Wildman–Crippen MR) is 84.6 cm³/mol. The molecule has 0 aliphatic carbocycles. The number of benzene rings is 1. The van der Waals surface area contributed by atoms with Gasteiger partial charge in [-0.05, 0) is 44.5 Å². The highest BCUT2D eigenvalue weighted by atomic mass is 16.5. The Morgan fingerprint density at radius 3 is 2.83 bits per heavy atom. The Labute approximate surface area is 135 Å². The minimum absolute atomic E-state index is 0.0353. The first-order valence-corrected chi connectivity index (χ1v) is 7.53. The second-order valence-electron chi connectivity index (χ2n) is 5.00. The molecule has 120 valence electrons. The van der Waals surface area contributed by atoms with E-state index in [0.29, 0.717) is 23.6 Å². The van der Waals surface area contributed by atoms with Crippen molar-refractivity contribution in [3.8, 4) is 17.5 Å². The van der Waals surface area contributed by atoms with Crippen LogP contribution in [0.25, 0.3) is 5.69 Å². The third kappa shape index (κ3) is 3.89. The van der Waals surface area contributed by atoms with Crippen molar-refractivity contribution in [2.45, 2.75) is 33.3 Å². The van der Waals surface area contributed by atoms with Crippen LogP contribution >= 0.6 is 0 Å². The lowest BCUT2D eigenvalue weighted by Crippen LogP contribution is -2.11. The maximum absolute atomic E-state index is 11.7. The van der Waals surface area contributed by atoms with Gasteiger partial charge in [-0.15, -0.1) is 0 Å². The Morgan fingerprint density at radius 2 is 2.17 bits per heavy atom. The van der Waals surface area contributed by atoms with Crippen LogP contribution < -0.4 is 4.74 Å². The Kier molecular flexibility index (Phi) is 5.36. The van der Waals surface area contributed by atoms with E-state index in [-0.39, 0.29) is 11.8 Å². The fourth-order valence-corrected chi connectivity index (χ4v) is 1.93. The fourth-order valence-electron chi connectivity index (χ4n) is 1.93. The number of hydrogen-bond donors (Lipinski definition) is 0. The maximum Gasteiger partial charge on any atom is 0.358 e. The summed E-state index contributed by atoms with van der Waals surface area (Å²) in [6, 6.07) is 8.92. The van der Waals surface area contributed by atoms with Gasteiger partial charge in [0.1, 0.15) is 11.8 Å². The van der Waals surface area contributed by atoms with Crippen molar-refractivity contribution in [1.82, 2.24) is 9.78 Å². The van der Waals surface area contributed by atoms with Crippen LogP contribution in [0.3, 0.4) is 0 Å². The van der Waals surface area contributed by atoms with E-state index >= 15 is 0 Å². The van der Waals surface area contributed by atoms with Gasteiger partial charge in [0.25, 0.3) is 0 Å². The number of esters is 1. The molecule has 0 spiro atoms. The van der Waals surface area contributed by atoms with Gasteiger partial charge in [0.15, 0.2) is 5.69 Å². The van der Waals surface area contributed by atoms with Gasteiger partial charge in [0, 0.05) is 6.20 Å². The van der Waals surface area contributed by atoms with Gasteiger partial charge in [-0.1, -0.05) is 6.92 Å². The highest BCUT2D eigenvalue weighted by Crippen LogP contribution is 2.23. The van der Waals surface area contributed by atoms with Crippen molar-refractivity contribution in [3.05, 3.63) is 41.7 Å². The van der Waals surface area contributed by atoms with Crippen LogP contribution in [0.15, 0.2) is 30.5 Å². The average molecular weight is 313 g/mol. The zero-order valence-electron chi connectivity index (χ0n) is 13.4. The number of nitriles is 1. The SMILES string of the molecule is CCOC(=O)c1ccn(-c2ccc(OC(C)CC)c(C#N)c2)n1. The van der Waals surface area contributed by atoms with E-state index in [1.807, 2.05) is 13.8 Å². The van der Waals surface area contributed by atoms with E-state index in [2.05, 4.69) is 11.2 Å². The molecule has 6 nitrogen and oxygen atoms in total. The normalized spacial score (nSPS) is 11.6. The number of ether oxygens (including phenoxy) is 2. The summed E-state index contributed by atoms with van der Waals surface area (Å²) < 4.78 is 12.2. The van der Waals surface area contributed by atoms with Crippen LogP contribution in [0.4, 0.5) is 0 Å². The standard InChI is InChI=1S/C17H19N3O3/c1-4-12(3)23-16-7-6-14(10-13(16)11-18)20-9-8-15(19-20)17(21)22-5-2/h6-10,12H,4-5H2,1-3H3. The molecule has 0 bridgehead atoms. The zero-order chi connectivity index (χ0) is 16.8. The molecule has 6 heteroatoms. The van der Waals surface area contributed by atoms with E-state index in [1.165, 1.54) is 4.68 Å². The van der Waals surface area contributed by atoms with Crippen molar-refractivity contribution in [2.24, 2.45) is 0 Å². The second-order valence-corrected chi connectivity index (χ2v) is 5.00. The molecule has 0 aliphatic rings. The smallest absolute Gasteiger partial charge is 0.358 e. The third-order valence-corrected chi connectivity index (χ3v) is 3.32. The van der Waals surface area contributed by atoms with Crippen molar-refractivity contribution < 1.29 is 14.3 Å². The highest BCUT2D eigenvalue weighted by Gasteiger charge is 2.13. The summed E-state index contributed by atoms with van der Waals surface area (Å²) in [5, 5.41) is 13.5. The van der Waals surface area contributed by atoms with E-state index < -0.39 is 5.97 Å². The molecule has 1 atom stereocenters. The Hall–Kier alpha value is -2.81. The summed E-state index contributed by atoms with van der Waals surface area (Å²) in [4.78, 5) is 11.7. The maximum atomic E-state index is 11.7. The van der Waals surface area contributed by atoms with Crippen molar-refractivity contribution in [3.63, 3.8) is 0 Å². The van der Waals surface area contributed by atoms with Crippen LogP contribution in [0.1, 0.15) is 43.2 Å². The number of hydrogen-bond acceptors (Lipinski definition) is 5. The summed E-state index contributed by atoms with van der Waals surface area (Å²) in [5.74, 6) is 0.0758. The predicted octanol–water partition coefficient (Wildman–Crippen LogP) is 3.10. The van der Waals surface area contributed by atoms with Gasteiger partial charge in [-0.25, -0.2) is 9.48 Å². The lowest BCUT2D eigenvalue weighted by Gasteiger charge is -2.14. The highest BCUT2D eigenvalue weighted by molar-refractivity contribution is 5.87. The summed E-state index contributed by atoms with van der Waals surface area (Å²) in [6.45, 7) is 6.01. The lowest BCUT2D eigenvalue weighted by atomic mass is 10.2. The van der Waals surface area contributed by atoms with Crippen LogP contribution in [-0.2, 0) is 4.74 Å². The number of aromatic nitrogens is 2. The number of rotatable bonds is 6. The molecule has 0 saturated carbocycles. The molecule has 23 heavy (non-hydrogen) atoms. The van der Waals surface area contributed by atoms with E-state index in [4.69, 9.17) is 9.47 Å². The monoisotopic (exact) mass is 313 g/mol. The van der Waals surface area contributed by atoms with E-state index in [1.54, 1.807) is 37.4 Å². The topological polar surface area (TPSA) is 77.1 Å². The molecule has 0 fully saturated rings. The van der Waals surface area contributed by atoms with Crippen LogP contribution in [0.2, 0.25) is 0 Å². The lowest BCUT2D eigenvalue weighted by molar-refractivity contribution is 0.0519. The number of carbonyl (C=O) groups is 1. The first-order chi connectivity index (χ1) is 11.1. The largest absolute Gasteiger partial charge is 0.489 e. The number of carbonyl (C=O) groups excluding carboxylic acids is 1. The zero-order valence-corrected chi connectivity index (χ0v) is 13.4. The number of nitrogens with zero attached hydrogens (tertiary/aromatic N) is 3. The average Bonchev–Trinajstić information content (AvgIpc) is 3.05. The molecular weight excluding hydrogens is 294 g/mol. The molecule has 2 rings (SSSR count). The molecular formula is C17H19N3O3. The van der Waals surface area contributed by atoms with Gasteiger partial charge < -0.3 is 9.47 Å². The third-order valence-electron chi connectivity index (χ3n) is 3.32. The molecule has 0 radical (unpaired) electrons. The van der Waals surface area contributed by atoms with Crippen LogP contribution in [0, 0.1) is 11.3 Å². The first kappa shape index (κ1) is 16.6. The van der Waals surface area contributed by atoms with Crippen molar-refractivity contribution in [2.75, 3.05) is 6.61 Å². The molecule has 1 heterocycles. The second kappa shape index (κ2) is 7.45. The molecule has 0 amide bonds. The Balaban J connectivity index is 2.27. The van der Waals surface area contributed by atoms with Crippen molar-refractivity contribution >= 4 is 5.97 Å². The van der Waals surface area contributed by atoms with Crippen LogP contribution in [0.5, 0.6) is 5.75 Å². The fraction of sp³-hybridized carbons (Fsp3) is 0.353. The van der Waals surface area contributed by atoms with E-state index in [0.717, 1.165) is 6.42 Å². The Bertz CT molecular complexity index is 731. The van der Waals surface area contributed by atoms with Gasteiger partial charge in [0.05, 0.1) is 24.0 Å². The molecule has 0 aliphatic heterocycles. The summed E-state index contributed by atoms with van der Waals surface area (Å²) >= 11 is 0. The molecule has 1 aromatic heterocycles. The van der Waals surface area contributed by atoms with Gasteiger partial charge >= 0.3 is 5.97 Å². The minimum Gasteiger partial charge on any atom is -0.489 e. The van der Waals surface area contributed by atoms with E-state index in [9.17, 15) is 10.1 Å².